The number of benzene rings is 1. The predicted molar refractivity (Wildman–Crippen MR) is 68.7 cm³/mol. The number of nitrogens with zero attached hydrogens (tertiary/aromatic N) is 2. The zero-order chi connectivity index (χ0) is 11.7. The van der Waals surface area contributed by atoms with Crippen LogP contribution in [0.4, 0.5) is 0 Å². The average molecular weight is 227 g/mol. The number of hydrogen-bond donors (Lipinski definition) is 1. The topological polar surface area (TPSA) is 43.8 Å². The lowest BCUT2D eigenvalue weighted by Gasteiger charge is -2.11. The highest BCUT2D eigenvalue weighted by atomic mass is 15.1. The van der Waals surface area contributed by atoms with Crippen LogP contribution >= 0.6 is 0 Å². The van der Waals surface area contributed by atoms with Crippen molar-refractivity contribution in [2.45, 2.75) is 25.3 Å². The Balaban J connectivity index is 2.04. The monoisotopic (exact) mass is 227 g/mol. The molecule has 1 fully saturated rings. The van der Waals surface area contributed by atoms with Gasteiger partial charge in [-0.3, -0.25) is 0 Å². The second kappa shape index (κ2) is 4.34. The summed E-state index contributed by atoms with van der Waals surface area (Å²) < 4.78 is 2.30. The van der Waals surface area contributed by atoms with E-state index in [4.69, 9.17) is 5.73 Å². The SMILES string of the molecule is NCCc1ccccc1-c1cncn1C1CC1. The van der Waals surface area contributed by atoms with Crippen molar-refractivity contribution < 1.29 is 0 Å². The molecule has 0 bridgehead atoms. The highest BCUT2D eigenvalue weighted by Crippen LogP contribution is 2.38. The minimum Gasteiger partial charge on any atom is -0.330 e. The van der Waals surface area contributed by atoms with Gasteiger partial charge in [-0.05, 0) is 31.4 Å². The van der Waals surface area contributed by atoms with Gasteiger partial charge in [-0.15, -0.1) is 0 Å². The number of imidazole rings is 1. The number of rotatable bonds is 4. The minimum absolute atomic E-state index is 0.665. The molecule has 1 aliphatic rings. The van der Waals surface area contributed by atoms with Crippen LogP contribution in [0.2, 0.25) is 0 Å². The van der Waals surface area contributed by atoms with Gasteiger partial charge in [-0.1, -0.05) is 24.3 Å². The standard InChI is InChI=1S/C14H17N3/c15-8-7-11-3-1-2-4-13(11)14-9-16-10-17(14)12-5-6-12/h1-4,9-10,12H,5-8,15H2. The van der Waals surface area contributed by atoms with Crippen molar-refractivity contribution in [3.05, 3.63) is 42.4 Å². The van der Waals surface area contributed by atoms with Gasteiger partial charge in [0.2, 0.25) is 0 Å². The van der Waals surface area contributed by atoms with Gasteiger partial charge in [0.05, 0.1) is 18.2 Å². The predicted octanol–water partition coefficient (Wildman–Crippen LogP) is 2.39. The first-order chi connectivity index (χ1) is 8.40. The molecule has 0 spiro atoms. The fraction of sp³-hybridized carbons (Fsp3) is 0.357. The third kappa shape index (κ3) is 1.98. The third-order valence-corrected chi connectivity index (χ3v) is 3.31. The Morgan fingerprint density at radius 2 is 2.12 bits per heavy atom. The van der Waals surface area contributed by atoms with Crippen LogP contribution in [0.5, 0.6) is 0 Å². The van der Waals surface area contributed by atoms with Gasteiger partial charge in [-0.2, -0.15) is 0 Å². The van der Waals surface area contributed by atoms with Gasteiger partial charge in [0.15, 0.2) is 0 Å². The van der Waals surface area contributed by atoms with E-state index in [1.807, 2.05) is 12.5 Å². The van der Waals surface area contributed by atoms with Gasteiger partial charge < -0.3 is 10.3 Å². The molecule has 88 valence electrons. The van der Waals surface area contributed by atoms with Crippen LogP contribution in [0.3, 0.4) is 0 Å². The Morgan fingerprint density at radius 1 is 1.29 bits per heavy atom. The molecule has 2 aromatic rings. The van der Waals surface area contributed by atoms with Crippen molar-refractivity contribution in [3.8, 4) is 11.3 Å². The maximum atomic E-state index is 5.67. The Kier molecular flexibility index (Phi) is 2.69. The normalized spacial score (nSPS) is 15.1. The lowest BCUT2D eigenvalue weighted by atomic mass is 10.0. The van der Waals surface area contributed by atoms with E-state index in [1.165, 1.54) is 29.7 Å². The zero-order valence-electron chi connectivity index (χ0n) is 9.84. The van der Waals surface area contributed by atoms with Gasteiger partial charge in [0, 0.05) is 11.6 Å². The molecule has 17 heavy (non-hydrogen) atoms. The summed E-state index contributed by atoms with van der Waals surface area (Å²) in [6.45, 7) is 0.689. The smallest absolute Gasteiger partial charge is 0.0953 e. The van der Waals surface area contributed by atoms with E-state index >= 15 is 0 Å². The Hall–Kier alpha value is -1.61. The van der Waals surface area contributed by atoms with E-state index in [9.17, 15) is 0 Å². The summed E-state index contributed by atoms with van der Waals surface area (Å²) in [5, 5.41) is 0. The van der Waals surface area contributed by atoms with Crippen LogP contribution in [-0.4, -0.2) is 16.1 Å². The first-order valence-corrected chi connectivity index (χ1v) is 6.20. The van der Waals surface area contributed by atoms with Gasteiger partial charge >= 0.3 is 0 Å². The highest BCUT2D eigenvalue weighted by Gasteiger charge is 2.26. The molecule has 1 aromatic heterocycles. The molecule has 3 rings (SSSR count). The van der Waals surface area contributed by atoms with Crippen molar-refractivity contribution in [1.82, 2.24) is 9.55 Å². The fourth-order valence-corrected chi connectivity index (χ4v) is 2.30. The maximum absolute atomic E-state index is 5.67. The van der Waals surface area contributed by atoms with Crippen LogP contribution in [-0.2, 0) is 6.42 Å². The number of nitrogens with two attached hydrogens (primary N) is 1. The van der Waals surface area contributed by atoms with Crippen LogP contribution in [0.25, 0.3) is 11.3 Å². The molecule has 0 radical (unpaired) electrons. The second-order valence-corrected chi connectivity index (χ2v) is 4.61. The van der Waals surface area contributed by atoms with Crippen molar-refractivity contribution in [2.75, 3.05) is 6.54 Å². The summed E-state index contributed by atoms with van der Waals surface area (Å²) >= 11 is 0. The van der Waals surface area contributed by atoms with Crippen molar-refractivity contribution in [2.24, 2.45) is 5.73 Å². The Bertz CT molecular complexity index is 512. The summed E-state index contributed by atoms with van der Waals surface area (Å²) in [6.07, 6.45) is 7.40. The van der Waals surface area contributed by atoms with E-state index in [-0.39, 0.29) is 0 Å². The molecule has 0 amide bonds. The first-order valence-electron chi connectivity index (χ1n) is 6.20. The largest absolute Gasteiger partial charge is 0.330 e. The minimum atomic E-state index is 0.665. The van der Waals surface area contributed by atoms with Crippen molar-refractivity contribution >= 4 is 0 Å². The van der Waals surface area contributed by atoms with Gasteiger partial charge in [-0.25, -0.2) is 4.98 Å². The quantitative estimate of drug-likeness (QED) is 0.871. The second-order valence-electron chi connectivity index (χ2n) is 4.61. The first kappa shape index (κ1) is 10.5. The lowest BCUT2D eigenvalue weighted by molar-refractivity contribution is 0.747. The fourth-order valence-electron chi connectivity index (χ4n) is 2.30. The molecule has 3 nitrogen and oxygen atoms in total. The van der Waals surface area contributed by atoms with E-state index < -0.39 is 0 Å². The summed E-state index contributed by atoms with van der Waals surface area (Å²) in [4.78, 5) is 4.29. The molecule has 0 saturated heterocycles. The molecule has 1 aromatic carbocycles. The van der Waals surface area contributed by atoms with E-state index in [0.717, 1.165) is 6.42 Å². The highest BCUT2D eigenvalue weighted by molar-refractivity contribution is 5.64. The molecule has 0 aliphatic heterocycles. The molecule has 1 aliphatic carbocycles. The van der Waals surface area contributed by atoms with Gasteiger partial charge in [0.25, 0.3) is 0 Å². The van der Waals surface area contributed by atoms with Crippen molar-refractivity contribution in [1.29, 1.82) is 0 Å². The Morgan fingerprint density at radius 3 is 2.88 bits per heavy atom. The zero-order valence-corrected chi connectivity index (χ0v) is 9.84. The van der Waals surface area contributed by atoms with Crippen LogP contribution in [0.1, 0.15) is 24.4 Å². The molecule has 2 N–H and O–H groups in total. The Labute approximate surface area is 101 Å². The van der Waals surface area contributed by atoms with Crippen LogP contribution in [0, 0.1) is 0 Å². The maximum Gasteiger partial charge on any atom is 0.0953 e. The molecular weight excluding hydrogens is 210 g/mol. The molecule has 0 unspecified atom stereocenters. The van der Waals surface area contributed by atoms with E-state index in [2.05, 4.69) is 33.8 Å². The average Bonchev–Trinajstić information content (AvgIpc) is 3.09. The van der Waals surface area contributed by atoms with Crippen LogP contribution < -0.4 is 5.73 Å². The number of hydrogen-bond acceptors (Lipinski definition) is 2. The lowest BCUT2D eigenvalue weighted by Crippen LogP contribution is -2.05. The molecule has 0 atom stereocenters. The van der Waals surface area contributed by atoms with E-state index in [0.29, 0.717) is 12.6 Å². The van der Waals surface area contributed by atoms with Gasteiger partial charge in [0.1, 0.15) is 0 Å². The molecule has 1 heterocycles. The molecule has 1 saturated carbocycles. The van der Waals surface area contributed by atoms with E-state index in [1.54, 1.807) is 0 Å². The number of aromatic nitrogens is 2. The van der Waals surface area contributed by atoms with Crippen molar-refractivity contribution in [3.63, 3.8) is 0 Å². The van der Waals surface area contributed by atoms with Crippen LogP contribution in [0.15, 0.2) is 36.8 Å². The summed E-state index contributed by atoms with van der Waals surface area (Å²) in [7, 11) is 0. The molecule has 3 heteroatoms. The summed E-state index contributed by atoms with van der Waals surface area (Å²) in [5.74, 6) is 0. The summed E-state index contributed by atoms with van der Waals surface area (Å²) in [5.41, 5.74) is 9.50. The summed E-state index contributed by atoms with van der Waals surface area (Å²) in [6, 6.07) is 9.15. The third-order valence-electron chi connectivity index (χ3n) is 3.31. The molecular formula is C14H17N3.